The van der Waals surface area contributed by atoms with Crippen LogP contribution in [0.15, 0.2) is 29.2 Å². The maximum Gasteiger partial charge on any atom is 0.261 e. The molecular formula is C15H20ClNO3S. The smallest absolute Gasteiger partial charge is 0.261 e. The van der Waals surface area contributed by atoms with E-state index in [1.54, 1.807) is 17.0 Å². The number of benzene rings is 1. The van der Waals surface area contributed by atoms with Gasteiger partial charge >= 0.3 is 0 Å². The second-order valence-electron chi connectivity index (χ2n) is 6.28. The van der Waals surface area contributed by atoms with Gasteiger partial charge in [0.25, 0.3) is 15.0 Å². The molecule has 0 saturated carbocycles. The quantitative estimate of drug-likeness (QED) is 0.782. The van der Waals surface area contributed by atoms with Crippen LogP contribution in [-0.4, -0.2) is 32.3 Å². The highest BCUT2D eigenvalue weighted by Crippen LogP contribution is 2.30. The van der Waals surface area contributed by atoms with Crippen molar-refractivity contribution in [3.8, 4) is 0 Å². The molecule has 1 fully saturated rings. The van der Waals surface area contributed by atoms with Crippen LogP contribution in [0.1, 0.15) is 43.5 Å². The molecule has 1 aromatic rings. The Balaban J connectivity index is 2.20. The minimum atomic E-state index is -3.81. The molecule has 1 amide bonds. The Labute approximate surface area is 130 Å². The third-order valence-corrected chi connectivity index (χ3v) is 5.34. The fourth-order valence-corrected chi connectivity index (χ4v) is 3.39. The van der Waals surface area contributed by atoms with Crippen LogP contribution in [0.4, 0.5) is 0 Å². The number of carbonyl (C=O) groups is 1. The Morgan fingerprint density at radius 3 is 2.62 bits per heavy atom. The zero-order chi connectivity index (χ0) is 15.7. The lowest BCUT2D eigenvalue weighted by Gasteiger charge is -2.23. The fraction of sp³-hybridized carbons (Fsp3) is 0.533. The molecule has 4 nitrogen and oxygen atoms in total. The van der Waals surface area contributed by atoms with E-state index in [0.29, 0.717) is 18.7 Å². The molecule has 1 aliphatic rings. The largest absolute Gasteiger partial charge is 0.339 e. The highest BCUT2D eigenvalue weighted by Gasteiger charge is 2.26. The van der Waals surface area contributed by atoms with Gasteiger partial charge in [0.05, 0.1) is 4.90 Å². The van der Waals surface area contributed by atoms with E-state index in [0.717, 1.165) is 19.3 Å². The van der Waals surface area contributed by atoms with Crippen LogP contribution in [0.3, 0.4) is 0 Å². The molecule has 0 unspecified atom stereocenters. The number of nitrogens with zero attached hydrogens (tertiary/aromatic N) is 1. The lowest BCUT2D eigenvalue weighted by molar-refractivity contribution is 0.0757. The summed E-state index contributed by atoms with van der Waals surface area (Å²) in [5, 5.41) is 0. The lowest BCUT2D eigenvalue weighted by atomic mass is 9.85. The average molecular weight is 330 g/mol. The van der Waals surface area contributed by atoms with Gasteiger partial charge in [-0.1, -0.05) is 19.9 Å². The molecule has 0 aliphatic carbocycles. The van der Waals surface area contributed by atoms with Crippen LogP contribution in [0, 0.1) is 5.41 Å². The molecule has 0 spiro atoms. The highest BCUT2D eigenvalue weighted by molar-refractivity contribution is 8.13. The van der Waals surface area contributed by atoms with Crippen molar-refractivity contribution in [3.05, 3.63) is 29.8 Å². The number of halogens is 1. The summed E-state index contributed by atoms with van der Waals surface area (Å²) in [4.78, 5) is 14.3. The van der Waals surface area contributed by atoms with E-state index in [-0.39, 0.29) is 16.2 Å². The minimum absolute atomic E-state index is 0.0369. The molecule has 1 heterocycles. The number of hydrogen-bond acceptors (Lipinski definition) is 3. The molecule has 1 aromatic carbocycles. The SMILES string of the molecule is CC1(C)CCCN(C(=O)c2cccc(S(=O)(=O)Cl)c2)CC1. The molecule has 0 atom stereocenters. The van der Waals surface area contributed by atoms with Gasteiger partial charge in [-0.2, -0.15) is 0 Å². The van der Waals surface area contributed by atoms with Gasteiger partial charge in [0.15, 0.2) is 0 Å². The van der Waals surface area contributed by atoms with Crippen molar-refractivity contribution in [1.82, 2.24) is 4.90 Å². The molecular weight excluding hydrogens is 310 g/mol. The first-order chi connectivity index (χ1) is 9.69. The van der Waals surface area contributed by atoms with E-state index >= 15 is 0 Å². The number of likely N-dealkylation sites (tertiary alicyclic amines) is 1. The normalized spacial score (nSPS) is 19.1. The van der Waals surface area contributed by atoms with Crippen molar-refractivity contribution in [1.29, 1.82) is 0 Å². The third kappa shape index (κ3) is 4.20. The summed E-state index contributed by atoms with van der Waals surface area (Å²) in [5.41, 5.74) is 0.618. The molecule has 2 rings (SSSR count). The summed E-state index contributed by atoms with van der Waals surface area (Å²) in [6.07, 6.45) is 3.01. The van der Waals surface area contributed by atoms with Crippen LogP contribution in [0.5, 0.6) is 0 Å². The van der Waals surface area contributed by atoms with Crippen molar-refractivity contribution in [3.63, 3.8) is 0 Å². The Hall–Kier alpha value is -1.07. The lowest BCUT2D eigenvalue weighted by Crippen LogP contribution is -2.32. The standard InChI is InChI=1S/C15H20ClNO3S/c1-15(2)7-4-9-17(10-8-15)14(18)12-5-3-6-13(11-12)21(16,19)20/h3,5-6,11H,4,7-10H2,1-2H3. The van der Waals surface area contributed by atoms with Crippen molar-refractivity contribution in [2.24, 2.45) is 5.41 Å². The molecule has 6 heteroatoms. The first-order valence-electron chi connectivity index (χ1n) is 7.03. The van der Waals surface area contributed by atoms with Crippen molar-refractivity contribution in [2.75, 3.05) is 13.1 Å². The van der Waals surface area contributed by atoms with Crippen LogP contribution in [-0.2, 0) is 9.05 Å². The second-order valence-corrected chi connectivity index (χ2v) is 8.84. The summed E-state index contributed by atoms with van der Waals surface area (Å²) >= 11 is 0. The molecule has 21 heavy (non-hydrogen) atoms. The third-order valence-electron chi connectivity index (χ3n) is 3.99. The minimum Gasteiger partial charge on any atom is -0.339 e. The monoisotopic (exact) mass is 329 g/mol. The van der Waals surface area contributed by atoms with Gasteiger partial charge in [0, 0.05) is 29.3 Å². The number of carbonyl (C=O) groups excluding carboxylic acids is 1. The zero-order valence-electron chi connectivity index (χ0n) is 12.3. The Kier molecular flexibility index (Phi) is 4.63. The average Bonchev–Trinajstić information content (AvgIpc) is 2.58. The summed E-state index contributed by atoms with van der Waals surface area (Å²) in [6.45, 7) is 5.83. The Morgan fingerprint density at radius 2 is 1.95 bits per heavy atom. The molecule has 0 radical (unpaired) electrons. The predicted octanol–water partition coefficient (Wildman–Crippen LogP) is 3.27. The summed E-state index contributed by atoms with van der Waals surface area (Å²) < 4.78 is 22.7. The van der Waals surface area contributed by atoms with Gasteiger partial charge in [0.2, 0.25) is 0 Å². The number of amides is 1. The van der Waals surface area contributed by atoms with Crippen molar-refractivity contribution >= 4 is 25.6 Å². The van der Waals surface area contributed by atoms with Gasteiger partial charge in [0.1, 0.15) is 0 Å². The molecule has 0 N–H and O–H groups in total. The van der Waals surface area contributed by atoms with E-state index in [9.17, 15) is 13.2 Å². The van der Waals surface area contributed by atoms with Crippen LogP contribution in [0.25, 0.3) is 0 Å². The van der Waals surface area contributed by atoms with Gasteiger partial charge < -0.3 is 4.90 Å². The maximum atomic E-state index is 12.5. The number of hydrogen-bond donors (Lipinski definition) is 0. The summed E-state index contributed by atoms with van der Waals surface area (Å²) in [6, 6.07) is 5.92. The predicted molar refractivity (Wildman–Crippen MR) is 83.0 cm³/mol. The van der Waals surface area contributed by atoms with Crippen LogP contribution >= 0.6 is 10.7 Å². The fourth-order valence-electron chi connectivity index (χ4n) is 2.59. The molecule has 0 bridgehead atoms. The van der Waals surface area contributed by atoms with Gasteiger partial charge in [-0.15, -0.1) is 0 Å². The Bertz CT molecular complexity index is 640. The van der Waals surface area contributed by atoms with E-state index in [4.69, 9.17) is 10.7 Å². The van der Waals surface area contributed by atoms with Gasteiger partial charge in [-0.25, -0.2) is 8.42 Å². The van der Waals surface area contributed by atoms with E-state index in [1.165, 1.54) is 12.1 Å². The maximum absolute atomic E-state index is 12.5. The van der Waals surface area contributed by atoms with Crippen LogP contribution in [0.2, 0.25) is 0 Å². The summed E-state index contributed by atoms with van der Waals surface area (Å²) in [7, 11) is 1.52. The van der Waals surface area contributed by atoms with Crippen molar-refractivity contribution < 1.29 is 13.2 Å². The van der Waals surface area contributed by atoms with Gasteiger partial charge in [-0.3, -0.25) is 4.79 Å². The topological polar surface area (TPSA) is 54.5 Å². The van der Waals surface area contributed by atoms with E-state index in [1.807, 2.05) is 0 Å². The molecule has 1 aliphatic heterocycles. The summed E-state index contributed by atoms with van der Waals surface area (Å²) in [5.74, 6) is -0.130. The number of rotatable bonds is 2. The van der Waals surface area contributed by atoms with Crippen LogP contribution < -0.4 is 0 Å². The van der Waals surface area contributed by atoms with E-state index in [2.05, 4.69) is 13.8 Å². The Morgan fingerprint density at radius 1 is 1.24 bits per heavy atom. The van der Waals surface area contributed by atoms with E-state index < -0.39 is 9.05 Å². The zero-order valence-corrected chi connectivity index (χ0v) is 13.9. The first-order valence-corrected chi connectivity index (χ1v) is 9.34. The first kappa shape index (κ1) is 16.3. The molecule has 0 aromatic heterocycles. The molecule has 116 valence electrons. The highest BCUT2D eigenvalue weighted by atomic mass is 35.7. The second kappa shape index (κ2) is 5.97. The van der Waals surface area contributed by atoms with Crippen molar-refractivity contribution in [2.45, 2.75) is 38.0 Å². The van der Waals surface area contributed by atoms with Gasteiger partial charge in [-0.05, 0) is 42.9 Å². The molecule has 1 saturated heterocycles.